The second-order valence-electron chi connectivity index (χ2n) is 6.31. The summed E-state index contributed by atoms with van der Waals surface area (Å²) in [7, 11) is 3.01. The van der Waals surface area contributed by atoms with Gasteiger partial charge in [-0.05, 0) is 43.4 Å². The molecule has 0 bridgehead atoms. The van der Waals surface area contributed by atoms with Crippen molar-refractivity contribution < 1.29 is 24.0 Å². The third-order valence-electron chi connectivity index (χ3n) is 4.93. The fourth-order valence-electron chi connectivity index (χ4n) is 3.39. The number of carbonyl (C=O) groups is 1. The molecule has 1 saturated carbocycles. The van der Waals surface area contributed by atoms with Crippen LogP contribution < -0.4 is 4.74 Å². The summed E-state index contributed by atoms with van der Waals surface area (Å²) in [6.45, 7) is 1.72. The normalized spacial score (nSPS) is 31.6. The minimum Gasteiger partial charge on any atom is -0.497 e. The lowest BCUT2D eigenvalue weighted by Gasteiger charge is -2.40. The molecule has 0 N–H and O–H groups in total. The van der Waals surface area contributed by atoms with Gasteiger partial charge < -0.3 is 9.47 Å². The van der Waals surface area contributed by atoms with Crippen LogP contribution in [0.1, 0.15) is 38.2 Å². The van der Waals surface area contributed by atoms with Gasteiger partial charge in [0.25, 0.3) is 0 Å². The number of carbonyl (C=O) groups excluding carboxylic acids is 1. The molecule has 0 spiro atoms. The van der Waals surface area contributed by atoms with Crippen molar-refractivity contribution in [1.29, 1.82) is 0 Å². The number of esters is 1. The summed E-state index contributed by atoms with van der Waals surface area (Å²) in [5.41, 5.74) is -0.636. The molecule has 2 unspecified atom stereocenters. The number of ether oxygens (including phenoxy) is 2. The van der Waals surface area contributed by atoms with Crippen LogP contribution in [-0.2, 0) is 24.9 Å². The van der Waals surface area contributed by atoms with Crippen LogP contribution in [0.15, 0.2) is 24.3 Å². The standard InChI is InChI=1S/C17H22O5/c1-16(15(18)20-3)11-17(22-21-16,12-5-4-6-12)13-7-9-14(19-2)10-8-13/h7-10,12H,4-6,11H2,1-3H3. The van der Waals surface area contributed by atoms with Crippen LogP contribution in [0.25, 0.3) is 0 Å². The molecule has 1 saturated heterocycles. The molecule has 2 fully saturated rings. The summed E-state index contributed by atoms with van der Waals surface area (Å²) >= 11 is 0. The maximum atomic E-state index is 12.0. The second-order valence-corrected chi connectivity index (χ2v) is 6.31. The van der Waals surface area contributed by atoms with Gasteiger partial charge in [0.05, 0.1) is 14.2 Å². The van der Waals surface area contributed by atoms with E-state index in [1.54, 1.807) is 14.0 Å². The molecule has 0 radical (unpaired) electrons. The Bertz CT molecular complexity index is 551. The van der Waals surface area contributed by atoms with E-state index in [1.807, 2.05) is 24.3 Å². The predicted octanol–water partition coefficient (Wildman–Crippen LogP) is 2.97. The average molecular weight is 306 g/mol. The van der Waals surface area contributed by atoms with Crippen molar-refractivity contribution in [3.05, 3.63) is 29.8 Å². The number of benzene rings is 1. The SMILES string of the molecule is COC(=O)C1(C)CC(c2ccc(OC)cc2)(C2CCC2)OO1. The summed E-state index contributed by atoms with van der Waals surface area (Å²) in [4.78, 5) is 23.3. The van der Waals surface area contributed by atoms with E-state index in [0.29, 0.717) is 12.3 Å². The molecule has 3 rings (SSSR count). The molecular weight excluding hydrogens is 284 g/mol. The van der Waals surface area contributed by atoms with Crippen molar-refractivity contribution in [2.75, 3.05) is 14.2 Å². The molecule has 1 aromatic rings. The zero-order valence-electron chi connectivity index (χ0n) is 13.3. The van der Waals surface area contributed by atoms with Crippen molar-refractivity contribution >= 4 is 5.97 Å². The van der Waals surface area contributed by atoms with Gasteiger partial charge in [0.1, 0.15) is 11.4 Å². The van der Waals surface area contributed by atoms with Crippen LogP contribution in [0, 0.1) is 5.92 Å². The minimum absolute atomic E-state index is 0.354. The number of methoxy groups -OCH3 is 2. The van der Waals surface area contributed by atoms with Gasteiger partial charge in [-0.25, -0.2) is 14.6 Å². The molecule has 1 aromatic carbocycles. The molecule has 2 aliphatic rings. The van der Waals surface area contributed by atoms with E-state index in [9.17, 15) is 4.79 Å². The van der Waals surface area contributed by atoms with Crippen LogP contribution >= 0.6 is 0 Å². The quantitative estimate of drug-likeness (QED) is 0.632. The summed E-state index contributed by atoms with van der Waals surface area (Å²) in [5, 5.41) is 0. The molecule has 1 aliphatic carbocycles. The maximum Gasteiger partial charge on any atom is 0.341 e. The number of hydrogen-bond acceptors (Lipinski definition) is 5. The van der Waals surface area contributed by atoms with Gasteiger partial charge in [0.2, 0.25) is 5.60 Å². The molecule has 1 heterocycles. The second kappa shape index (κ2) is 5.56. The fraction of sp³-hybridized carbons (Fsp3) is 0.588. The molecule has 5 nitrogen and oxygen atoms in total. The highest BCUT2D eigenvalue weighted by atomic mass is 17.2. The van der Waals surface area contributed by atoms with Gasteiger partial charge in [0.15, 0.2) is 0 Å². The monoisotopic (exact) mass is 306 g/mol. The first kappa shape index (κ1) is 15.3. The fourth-order valence-corrected chi connectivity index (χ4v) is 3.39. The lowest BCUT2D eigenvalue weighted by Crippen LogP contribution is -2.42. The third kappa shape index (κ3) is 2.29. The van der Waals surface area contributed by atoms with E-state index in [-0.39, 0.29) is 0 Å². The van der Waals surface area contributed by atoms with Crippen LogP contribution in [0.4, 0.5) is 0 Å². The number of hydrogen-bond donors (Lipinski definition) is 0. The average Bonchev–Trinajstić information content (AvgIpc) is 2.85. The van der Waals surface area contributed by atoms with Gasteiger partial charge in [-0.3, -0.25) is 0 Å². The Labute approximate surface area is 130 Å². The highest BCUT2D eigenvalue weighted by molar-refractivity contribution is 5.79. The van der Waals surface area contributed by atoms with Gasteiger partial charge in [-0.15, -0.1) is 0 Å². The Morgan fingerprint density at radius 3 is 2.36 bits per heavy atom. The van der Waals surface area contributed by atoms with Crippen molar-refractivity contribution in [1.82, 2.24) is 0 Å². The summed E-state index contributed by atoms with van der Waals surface area (Å²) < 4.78 is 10.1. The third-order valence-corrected chi connectivity index (χ3v) is 4.93. The van der Waals surface area contributed by atoms with Crippen molar-refractivity contribution in [3.63, 3.8) is 0 Å². The Kier molecular flexibility index (Phi) is 3.87. The number of rotatable bonds is 4. The summed E-state index contributed by atoms with van der Waals surface area (Å²) in [5.74, 6) is 0.747. The van der Waals surface area contributed by atoms with E-state index in [4.69, 9.17) is 19.2 Å². The summed E-state index contributed by atoms with van der Waals surface area (Å²) in [6, 6.07) is 7.80. The van der Waals surface area contributed by atoms with E-state index < -0.39 is 17.2 Å². The van der Waals surface area contributed by atoms with E-state index in [2.05, 4.69) is 0 Å². The first-order chi connectivity index (χ1) is 10.5. The minimum atomic E-state index is -1.07. The molecule has 2 atom stereocenters. The van der Waals surface area contributed by atoms with E-state index >= 15 is 0 Å². The largest absolute Gasteiger partial charge is 0.497 e. The van der Waals surface area contributed by atoms with Gasteiger partial charge in [0, 0.05) is 6.42 Å². The Balaban J connectivity index is 1.94. The zero-order valence-corrected chi connectivity index (χ0v) is 13.3. The van der Waals surface area contributed by atoms with Gasteiger partial charge in [-0.2, -0.15) is 0 Å². The van der Waals surface area contributed by atoms with Crippen molar-refractivity contribution in [2.45, 2.75) is 43.8 Å². The highest BCUT2D eigenvalue weighted by Gasteiger charge is 2.59. The maximum absolute atomic E-state index is 12.0. The molecular formula is C17H22O5. The van der Waals surface area contributed by atoms with Crippen LogP contribution in [0.3, 0.4) is 0 Å². The first-order valence-electron chi connectivity index (χ1n) is 7.64. The highest BCUT2D eigenvalue weighted by Crippen LogP contribution is 2.54. The van der Waals surface area contributed by atoms with Crippen LogP contribution in [0.2, 0.25) is 0 Å². The van der Waals surface area contributed by atoms with Crippen LogP contribution in [0.5, 0.6) is 5.75 Å². The smallest absolute Gasteiger partial charge is 0.341 e. The van der Waals surface area contributed by atoms with Crippen molar-refractivity contribution in [2.24, 2.45) is 5.92 Å². The first-order valence-corrected chi connectivity index (χ1v) is 7.64. The Hall–Kier alpha value is -1.59. The Morgan fingerprint density at radius 1 is 1.18 bits per heavy atom. The van der Waals surface area contributed by atoms with E-state index in [0.717, 1.165) is 24.2 Å². The zero-order chi connectivity index (χ0) is 15.8. The van der Waals surface area contributed by atoms with Gasteiger partial charge >= 0.3 is 5.97 Å². The molecule has 1 aliphatic heterocycles. The van der Waals surface area contributed by atoms with Crippen molar-refractivity contribution in [3.8, 4) is 5.75 Å². The van der Waals surface area contributed by atoms with E-state index in [1.165, 1.54) is 13.5 Å². The lowest BCUT2D eigenvalue weighted by molar-refractivity contribution is -0.359. The van der Waals surface area contributed by atoms with Crippen LogP contribution in [-0.4, -0.2) is 25.8 Å². The predicted molar refractivity (Wildman–Crippen MR) is 79.2 cm³/mol. The molecule has 0 aromatic heterocycles. The van der Waals surface area contributed by atoms with Gasteiger partial charge in [-0.1, -0.05) is 18.6 Å². The molecule has 5 heteroatoms. The molecule has 22 heavy (non-hydrogen) atoms. The summed E-state index contributed by atoms with van der Waals surface area (Å²) in [6.07, 6.45) is 3.80. The topological polar surface area (TPSA) is 54.0 Å². The molecule has 0 amide bonds. The Morgan fingerprint density at radius 2 is 1.86 bits per heavy atom. The molecule has 120 valence electrons. The lowest BCUT2D eigenvalue weighted by atomic mass is 9.66.